The number of hydrogen-bond acceptors (Lipinski definition) is 5. The van der Waals surface area contributed by atoms with E-state index in [1.165, 1.54) is 12.5 Å². The highest BCUT2D eigenvalue weighted by Gasteiger charge is 2.25. The standard InChI is InChI=1S/C9H17N3O4S/c1-2-11-7-9(10-8-11)17(15,16)12(3-5-13)4-6-14/h7-8,13-14H,2-6H2,1H3. The van der Waals surface area contributed by atoms with Crippen molar-refractivity contribution < 1.29 is 18.6 Å². The Morgan fingerprint density at radius 2 is 1.94 bits per heavy atom. The maximum absolute atomic E-state index is 12.1. The molecule has 1 aromatic rings. The summed E-state index contributed by atoms with van der Waals surface area (Å²) in [7, 11) is -3.73. The van der Waals surface area contributed by atoms with E-state index in [-0.39, 0.29) is 31.3 Å². The number of nitrogens with zero attached hydrogens (tertiary/aromatic N) is 3. The van der Waals surface area contributed by atoms with E-state index in [2.05, 4.69) is 4.98 Å². The molecular formula is C9H17N3O4S. The summed E-state index contributed by atoms with van der Waals surface area (Å²) >= 11 is 0. The second kappa shape index (κ2) is 6.10. The molecule has 17 heavy (non-hydrogen) atoms. The van der Waals surface area contributed by atoms with E-state index in [4.69, 9.17) is 10.2 Å². The average Bonchev–Trinajstić information content (AvgIpc) is 2.78. The lowest BCUT2D eigenvalue weighted by Crippen LogP contribution is -2.36. The van der Waals surface area contributed by atoms with Crippen molar-refractivity contribution in [1.82, 2.24) is 13.9 Å². The first-order chi connectivity index (χ1) is 8.06. The van der Waals surface area contributed by atoms with Crippen LogP contribution in [0.25, 0.3) is 0 Å². The van der Waals surface area contributed by atoms with E-state index in [1.54, 1.807) is 4.57 Å². The van der Waals surface area contributed by atoms with Gasteiger partial charge in [-0.05, 0) is 6.92 Å². The largest absolute Gasteiger partial charge is 0.395 e. The summed E-state index contributed by atoms with van der Waals surface area (Å²) < 4.78 is 26.8. The van der Waals surface area contributed by atoms with Gasteiger partial charge in [0, 0.05) is 25.8 Å². The lowest BCUT2D eigenvalue weighted by Gasteiger charge is -2.18. The highest BCUT2D eigenvalue weighted by Crippen LogP contribution is 2.12. The average molecular weight is 263 g/mol. The normalized spacial score (nSPS) is 12.2. The molecule has 7 nitrogen and oxygen atoms in total. The van der Waals surface area contributed by atoms with Crippen LogP contribution in [-0.2, 0) is 16.6 Å². The van der Waals surface area contributed by atoms with E-state index in [0.717, 1.165) is 4.31 Å². The Hall–Kier alpha value is -0.960. The molecule has 0 aliphatic carbocycles. The van der Waals surface area contributed by atoms with E-state index >= 15 is 0 Å². The Labute approximate surface area is 100 Å². The van der Waals surface area contributed by atoms with Crippen molar-refractivity contribution in [2.24, 2.45) is 0 Å². The molecule has 1 rings (SSSR count). The molecular weight excluding hydrogens is 246 g/mol. The molecule has 0 bridgehead atoms. The topological polar surface area (TPSA) is 95.7 Å². The summed E-state index contributed by atoms with van der Waals surface area (Å²) in [5, 5.41) is 17.6. The van der Waals surface area contributed by atoms with Crippen LogP contribution >= 0.6 is 0 Å². The van der Waals surface area contributed by atoms with Gasteiger partial charge in [-0.2, -0.15) is 4.31 Å². The van der Waals surface area contributed by atoms with Gasteiger partial charge in [-0.3, -0.25) is 0 Å². The Morgan fingerprint density at radius 1 is 1.35 bits per heavy atom. The molecule has 0 aliphatic rings. The third-order valence-corrected chi connectivity index (χ3v) is 4.06. The smallest absolute Gasteiger partial charge is 0.262 e. The lowest BCUT2D eigenvalue weighted by molar-refractivity contribution is 0.217. The zero-order valence-corrected chi connectivity index (χ0v) is 10.5. The summed E-state index contributed by atoms with van der Waals surface area (Å²) in [4.78, 5) is 3.81. The minimum Gasteiger partial charge on any atom is -0.395 e. The maximum atomic E-state index is 12.1. The SMILES string of the molecule is CCn1cnc(S(=O)(=O)N(CCO)CCO)c1. The van der Waals surface area contributed by atoms with E-state index in [9.17, 15) is 8.42 Å². The molecule has 0 spiro atoms. The van der Waals surface area contributed by atoms with Gasteiger partial charge in [-0.25, -0.2) is 13.4 Å². The Bertz CT molecular complexity index is 437. The minimum atomic E-state index is -3.73. The van der Waals surface area contributed by atoms with Crippen LogP contribution in [0, 0.1) is 0 Å². The first-order valence-electron chi connectivity index (χ1n) is 5.30. The van der Waals surface area contributed by atoms with Crippen LogP contribution in [0.4, 0.5) is 0 Å². The predicted molar refractivity (Wildman–Crippen MR) is 60.8 cm³/mol. The molecule has 0 aromatic carbocycles. The fourth-order valence-corrected chi connectivity index (χ4v) is 2.71. The van der Waals surface area contributed by atoms with Crippen molar-refractivity contribution in [2.45, 2.75) is 18.5 Å². The predicted octanol–water partition coefficient (Wildman–Crippen LogP) is -1.12. The number of hydrogen-bond donors (Lipinski definition) is 2. The van der Waals surface area contributed by atoms with Crippen molar-refractivity contribution in [2.75, 3.05) is 26.3 Å². The van der Waals surface area contributed by atoms with Crippen molar-refractivity contribution in [3.63, 3.8) is 0 Å². The summed E-state index contributed by atoms with van der Waals surface area (Å²) in [6.45, 7) is 1.80. The second-order valence-electron chi connectivity index (χ2n) is 3.39. The van der Waals surface area contributed by atoms with Gasteiger partial charge < -0.3 is 14.8 Å². The quantitative estimate of drug-likeness (QED) is 0.649. The molecule has 1 aromatic heterocycles. The molecule has 98 valence electrons. The number of sulfonamides is 1. The van der Waals surface area contributed by atoms with Gasteiger partial charge in [0.15, 0.2) is 5.03 Å². The molecule has 1 heterocycles. The number of aliphatic hydroxyl groups excluding tert-OH is 2. The highest BCUT2D eigenvalue weighted by atomic mass is 32.2. The zero-order chi connectivity index (χ0) is 12.9. The maximum Gasteiger partial charge on any atom is 0.262 e. The Kier molecular flexibility index (Phi) is 5.06. The minimum absolute atomic E-state index is 0.0537. The van der Waals surface area contributed by atoms with E-state index < -0.39 is 10.0 Å². The van der Waals surface area contributed by atoms with Gasteiger partial charge >= 0.3 is 0 Å². The van der Waals surface area contributed by atoms with Gasteiger partial charge in [-0.1, -0.05) is 0 Å². The van der Waals surface area contributed by atoms with E-state index in [0.29, 0.717) is 6.54 Å². The number of aromatic nitrogens is 2. The Morgan fingerprint density at radius 3 is 2.35 bits per heavy atom. The van der Waals surface area contributed by atoms with Gasteiger partial charge in [-0.15, -0.1) is 0 Å². The van der Waals surface area contributed by atoms with Crippen LogP contribution in [0.5, 0.6) is 0 Å². The van der Waals surface area contributed by atoms with Gasteiger partial charge in [0.25, 0.3) is 10.0 Å². The van der Waals surface area contributed by atoms with Crippen molar-refractivity contribution in [3.05, 3.63) is 12.5 Å². The first-order valence-corrected chi connectivity index (χ1v) is 6.74. The molecule has 0 radical (unpaired) electrons. The molecule has 0 aliphatic heterocycles. The van der Waals surface area contributed by atoms with Crippen LogP contribution in [0.1, 0.15) is 6.92 Å². The van der Waals surface area contributed by atoms with Crippen LogP contribution in [-0.4, -0.2) is 58.8 Å². The third kappa shape index (κ3) is 3.25. The van der Waals surface area contributed by atoms with Crippen LogP contribution in [0.3, 0.4) is 0 Å². The second-order valence-corrected chi connectivity index (χ2v) is 5.28. The third-order valence-electron chi connectivity index (χ3n) is 2.28. The fourth-order valence-electron chi connectivity index (χ4n) is 1.35. The molecule has 0 atom stereocenters. The van der Waals surface area contributed by atoms with Gasteiger partial charge in [0.05, 0.1) is 19.5 Å². The first kappa shape index (κ1) is 14.1. The molecule has 0 saturated carbocycles. The molecule has 0 fully saturated rings. The number of aliphatic hydroxyl groups is 2. The summed E-state index contributed by atoms with van der Waals surface area (Å²) in [6.07, 6.45) is 2.86. The molecule has 0 amide bonds. The van der Waals surface area contributed by atoms with Crippen molar-refractivity contribution >= 4 is 10.0 Å². The monoisotopic (exact) mass is 263 g/mol. The summed E-state index contributed by atoms with van der Waals surface area (Å²) in [5.41, 5.74) is 0. The van der Waals surface area contributed by atoms with Crippen LogP contribution < -0.4 is 0 Å². The number of rotatable bonds is 7. The van der Waals surface area contributed by atoms with E-state index in [1.807, 2.05) is 6.92 Å². The molecule has 0 saturated heterocycles. The fraction of sp³-hybridized carbons (Fsp3) is 0.667. The van der Waals surface area contributed by atoms with Crippen molar-refractivity contribution in [3.8, 4) is 0 Å². The Balaban J connectivity index is 2.98. The van der Waals surface area contributed by atoms with Crippen LogP contribution in [0.15, 0.2) is 17.6 Å². The summed E-state index contributed by atoms with van der Waals surface area (Å²) in [6, 6.07) is 0. The van der Waals surface area contributed by atoms with Gasteiger partial charge in [0.2, 0.25) is 0 Å². The van der Waals surface area contributed by atoms with Crippen LogP contribution in [0.2, 0.25) is 0 Å². The van der Waals surface area contributed by atoms with Crippen molar-refractivity contribution in [1.29, 1.82) is 0 Å². The number of imidazole rings is 1. The summed E-state index contributed by atoms with van der Waals surface area (Å²) in [5.74, 6) is 0. The zero-order valence-electron chi connectivity index (χ0n) is 9.65. The molecule has 8 heteroatoms. The number of aryl methyl sites for hydroxylation is 1. The molecule has 2 N–H and O–H groups in total. The molecule has 0 unspecified atom stereocenters. The van der Waals surface area contributed by atoms with Gasteiger partial charge in [0.1, 0.15) is 0 Å². The highest BCUT2D eigenvalue weighted by molar-refractivity contribution is 7.89. The lowest BCUT2D eigenvalue weighted by atomic mass is 10.6.